The van der Waals surface area contributed by atoms with E-state index in [4.69, 9.17) is 0 Å². The van der Waals surface area contributed by atoms with Crippen molar-refractivity contribution in [2.45, 2.75) is 45.1 Å². The highest BCUT2D eigenvalue weighted by molar-refractivity contribution is 7.20. The molecule has 1 N–H and O–H groups in total. The van der Waals surface area contributed by atoms with Crippen molar-refractivity contribution in [3.05, 3.63) is 78.1 Å². The van der Waals surface area contributed by atoms with Crippen LogP contribution in [-0.2, 0) is 9.59 Å². The van der Waals surface area contributed by atoms with E-state index in [0.717, 1.165) is 27.4 Å². The molecule has 0 radical (unpaired) electrons. The predicted octanol–water partition coefficient (Wildman–Crippen LogP) is 5.49. The summed E-state index contributed by atoms with van der Waals surface area (Å²) in [7, 11) is 0. The van der Waals surface area contributed by atoms with Gasteiger partial charge in [0.25, 0.3) is 0 Å². The molecule has 5 rings (SSSR count). The van der Waals surface area contributed by atoms with Crippen LogP contribution in [0.4, 0.5) is 5.82 Å². The van der Waals surface area contributed by atoms with Crippen molar-refractivity contribution in [3.63, 3.8) is 0 Å². The van der Waals surface area contributed by atoms with Gasteiger partial charge in [0.05, 0.1) is 17.0 Å². The summed E-state index contributed by atoms with van der Waals surface area (Å²) in [5.41, 5.74) is 3.37. The SMILES string of the molecule is CC[C@@H](C(=O)N1CCC[C@H]1C(=O)Nc1cn2cc(-c3ccc(C)cc3)sc2n1)c1ccccc1. The number of imidazole rings is 1. The molecule has 0 spiro atoms. The molecule has 1 aliphatic heterocycles. The molecule has 4 aromatic rings. The Morgan fingerprint density at radius 1 is 1.12 bits per heavy atom. The Morgan fingerprint density at radius 2 is 1.88 bits per heavy atom. The third-order valence-electron chi connectivity index (χ3n) is 6.49. The van der Waals surface area contributed by atoms with E-state index >= 15 is 0 Å². The molecule has 0 aliphatic carbocycles. The molecule has 0 saturated carbocycles. The van der Waals surface area contributed by atoms with Gasteiger partial charge in [0.2, 0.25) is 11.8 Å². The Hall–Kier alpha value is -3.45. The number of carbonyl (C=O) groups excluding carboxylic acids is 2. The second kappa shape index (κ2) is 9.43. The zero-order chi connectivity index (χ0) is 23.7. The number of nitrogens with zero attached hydrogens (tertiary/aromatic N) is 3. The summed E-state index contributed by atoms with van der Waals surface area (Å²) in [5.74, 6) is 0.145. The second-order valence-electron chi connectivity index (χ2n) is 8.83. The zero-order valence-corrected chi connectivity index (χ0v) is 20.2. The average molecular weight is 473 g/mol. The van der Waals surface area contributed by atoms with Crippen LogP contribution < -0.4 is 5.32 Å². The number of aryl methyl sites for hydroxylation is 1. The van der Waals surface area contributed by atoms with Crippen LogP contribution in [0.5, 0.6) is 0 Å². The predicted molar refractivity (Wildman–Crippen MR) is 136 cm³/mol. The van der Waals surface area contributed by atoms with Gasteiger partial charge >= 0.3 is 0 Å². The smallest absolute Gasteiger partial charge is 0.248 e. The Kier molecular flexibility index (Phi) is 6.20. The lowest BCUT2D eigenvalue weighted by atomic mass is 9.94. The van der Waals surface area contributed by atoms with Crippen LogP contribution in [-0.4, -0.2) is 38.7 Å². The lowest BCUT2D eigenvalue weighted by Gasteiger charge is -2.28. The highest BCUT2D eigenvalue weighted by Gasteiger charge is 2.37. The molecule has 1 saturated heterocycles. The minimum absolute atomic E-state index is 0.0277. The molecule has 1 aliphatic rings. The third-order valence-corrected chi connectivity index (χ3v) is 7.54. The number of rotatable bonds is 6. The van der Waals surface area contributed by atoms with Gasteiger partial charge in [0.15, 0.2) is 10.8 Å². The molecule has 34 heavy (non-hydrogen) atoms. The van der Waals surface area contributed by atoms with Gasteiger partial charge < -0.3 is 10.2 Å². The average Bonchev–Trinajstić information content (AvgIpc) is 3.56. The van der Waals surface area contributed by atoms with Gasteiger partial charge in [-0.2, -0.15) is 0 Å². The lowest BCUT2D eigenvalue weighted by Crippen LogP contribution is -2.45. The number of hydrogen-bond acceptors (Lipinski definition) is 4. The molecule has 2 aromatic carbocycles. The maximum Gasteiger partial charge on any atom is 0.248 e. The van der Waals surface area contributed by atoms with Crippen molar-refractivity contribution in [1.29, 1.82) is 0 Å². The van der Waals surface area contributed by atoms with Gasteiger partial charge in [-0.15, -0.1) is 0 Å². The second-order valence-corrected chi connectivity index (χ2v) is 9.84. The largest absolute Gasteiger partial charge is 0.330 e. The number of fused-ring (bicyclic) bond motifs is 1. The first-order chi connectivity index (χ1) is 16.5. The first-order valence-corrected chi connectivity index (χ1v) is 12.6. The third kappa shape index (κ3) is 4.35. The van der Waals surface area contributed by atoms with Gasteiger partial charge in [-0.05, 0) is 37.3 Å². The molecule has 2 aromatic heterocycles. The molecule has 0 unspecified atom stereocenters. The monoisotopic (exact) mass is 472 g/mol. The van der Waals surface area contributed by atoms with Crippen molar-refractivity contribution in [1.82, 2.24) is 14.3 Å². The standard InChI is InChI=1S/C27H28N4O2S/c1-3-21(19-8-5-4-6-9-19)26(33)31-15-7-10-22(31)25(32)28-24-17-30-16-23(34-27(30)29-24)20-13-11-18(2)12-14-20/h4-6,8-9,11-14,16-17,21-22H,3,7,10,15H2,1-2H3,(H,28,32)/t21-,22+/m1/s1. The molecule has 2 atom stereocenters. The number of thiazole rings is 1. The van der Waals surface area contributed by atoms with Crippen LogP contribution >= 0.6 is 11.3 Å². The van der Waals surface area contributed by atoms with Crippen LogP contribution in [0.3, 0.4) is 0 Å². The van der Waals surface area contributed by atoms with Crippen molar-refractivity contribution >= 4 is 33.9 Å². The van der Waals surface area contributed by atoms with Gasteiger partial charge in [-0.1, -0.05) is 78.4 Å². The summed E-state index contributed by atoms with van der Waals surface area (Å²) in [6.45, 7) is 4.70. The molecule has 1 fully saturated rings. The van der Waals surface area contributed by atoms with E-state index < -0.39 is 6.04 Å². The highest BCUT2D eigenvalue weighted by Crippen LogP contribution is 2.31. The molecule has 7 heteroatoms. The van der Waals surface area contributed by atoms with E-state index in [1.807, 2.05) is 54.0 Å². The number of carbonyl (C=O) groups is 2. The molecular weight excluding hydrogens is 444 g/mol. The number of hydrogen-bond donors (Lipinski definition) is 1. The normalized spacial score (nSPS) is 16.6. The first-order valence-electron chi connectivity index (χ1n) is 11.8. The van der Waals surface area contributed by atoms with E-state index in [9.17, 15) is 9.59 Å². The van der Waals surface area contributed by atoms with E-state index in [0.29, 0.717) is 25.2 Å². The number of likely N-dealkylation sites (tertiary alicyclic amines) is 1. The highest BCUT2D eigenvalue weighted by atomic mass is 32.1. The van der Waals surface area contributed by atoms with Crippen LogP contribution in [0.1, 0.15) is 43.2 Å². The summed E-state index contributed by atoms with van der Waals surface area (Å²) in [4.78, 5) is 34.8. The van der Waals surface area contributed by atoms with Crippen molar-refractivity contribution < 1.29 is 9.59 Å². The number of amides is 2. The van der Waals surface area contributed by atoms with E-state index in [1.165, 1.54) is 5.56 Å². The van der Waals surface area contributed by atoms with Crippen molar-refractivity contribution in [2.75, 3.05) is 11.9 Å². The fourth-order valence-corrected chi connectivity index (χ4v) is 5.63. The van der Waals surface area contributed by atoms with E-state index in [2.05, 4.69) is 41.5 Å². The Bertz CT molecular complexity index is 1280. The molecule has 174 valence electrons. The van der Waals surface area contributed by atoms with Crippen LogP contribution in [0.25, 0.3) is 15.4 Å². The summed E-state index contributed by atoms with van der Waals surface area (Å²) >= 11 is 1.58. The fourth-order valence-electron chi connectivity index (χ4n) is 4.66. The van der Waals surface area contributed by atoms with Crippen LogP contribution in [0.15, 0.2) is 67.0 Å². The van der Waals surface area contributed by atoms with Gasteiger partial charge in [-0.3, -0.25) is 14.0 Å². The fraction of sp³-hybridized carbons (Fsp3) is 0.296. The van der Waals surface area contributed by atoms with E-state index in [-0.39, 0.29) is 17.7 Å². The minimum Gasteiger partial charge on any atom is -0.330 e. The van der Waals surface area contributed by atoms with Crippen LogP contribution in [0.2, 0.25) is 0 Å². The molecule has 0 bridgehead atoms. The summed E-state index contributed by atoms with van der Waals surface area (Å²) in [5, 5.41) is 2.95. The van der Waals surface area contributed by atoms with Crippen molar-refractivity contribution in [3.8, 4) is 10.4 Å². The van der Waals surface area contributed by atoms with Crippen molar-refractivity contribution in [2.24, 2.45) is 0 Å². The lowest BCUT2D eigenvalue weighted by molar-refractivity contribution is -0.138. The molecule has 3 heterocycles. The Labute approximate surface area is 203 Å². The minimum atomic E-state index is -0.465. The molecule has 2 amide bonds. The molecule has 6 nitrogen and oxygen atoms in total. The number of aromatic nitrogens is 2. The summed E-state index contributed by atoms with van der Waals surface area (Å²) < 4.78 is 1.94. The quantitative estimate of drug-likeness (QED) is 0.403. The topological polar surface area (TPSA) is 66.7 Å². The van der Waals surface area contributed by atoms with Crippen LogP contribution in [0, 0.1) is 6.92 Å². The Morgan fingerprint density at radius 3 is 2.59 bits per heavy atom. The molecular formula is C27H28N4O2S. The maximum atomic E-state index is 13.4. The first kappa shape index (κ1) is 22.3. The number of anilines is 1. The Balaban J connectivity index is 1.29. The number of benzene rings is 2. The zero-order valence-electron chi connectivity index (χ0n) is 19.4. The van der Waals surface area contributed by atoms with Gasteiger partial charge in [-0.25, -0.2) is 4.98 Å². The van der Waals surface area contributed by atoms with Gasteiger partial charge in [0, 0.05) is 12.7 Å². The van der Waals surface area contributed by atoms with Gasteiger partial charge in [0.1, 0.15) is 6.04 Å². The van der Waals surface area contributed by atoms with E-state index in [1.54, 1.807) is 16.2 Å². The summed E-state index contributed by atoms with van der Waals surface area (Å²) in [6.07, 6.45) is 6.07. The number of nitrogens with one attached hydrogen (secondary N) is 1. The summed E-state index contributed by atoms with van der Waals surface area (Å²) in [6, 6.07) is 17.8. The maximum absolute atomic E-state index is 13.4.